The minimum absolute atomic E-state index is 0.0489. The second kappa shape index (κ2) is 5.01. The van der Waals surface area contributed by atoms with Crippen molar-refractivity contribution >= 4 is 28.5 Å². The smallest absolute Gasteiger partial charge is 0.358 e. The van der Waals surface area contributed by atoms with Crippen molar-refractivity contribution in [3.63, 3.8) is 0 Å². The molecular weight excluding hydrogens is 272 g/mol. The molecule has 1 atom stereocenters. The minimum atomic E-state index is -1.17. The number of rotatable bonds is 3. The summed E-state index contributed by atoms with van der Waals surface area (Å²) >= 11 is 0. The van der Waals surface area contributed by atoms with E-state index in [-0.39, 0.29) is 11.6 Å². The number of carboxylic acids is 1. The van der Waals surface area contributed by atoms with E-state index in [1.54, 1.807) is 36.2 Å². The monoisotopic (exact) mass is 286 g/mol. The third kappa shape index (κ3) is 2.26. The summed E-state index contributed by atoms with van der Waals surface area (Å²) in [6, 6.07) is 6.68. The second-order valence-corrected chi connectivity index (χ2v) is 4.99. The van der Waals surface area contributed by atoms with Crippen LogP contribution in [0.15, 0.2) is 24.3 Å². The maximum Gasteiger partial charge on any atom is 0.358 e. The minimum Gasteiger partial charge on any atom is -0.476 e. The predicted octanol–water partition coefficient (Wildman–Crippen LogP) is 0.971. The number of hydrogen-bond donors (Lipinski definition) is 2. The number of likely N-dealkylation sites (N-methyl/N-ethyl adjacent to an activating group) is 1. The molecule has 0 spiro atoms. The Balaban J connectivity index is 2.08. The van der Waals surface area contributed by atoms with Crippen LogP contribution < -0.4 is 5.32 Å². The molecule has 21 heavy (non-hydrogen) atoms. The second-order valence-electron chi connectivity index (χ2n) is 4.99. The Morgan fingerprint density at radius 2 is 2.14 bits per heavy atom. The summed E-state index contributed by atoms with van der Waals surface area (Å²) in [6.45, 7) is 0.648. The lowest BCUT2D eigenvalue weighted by Gasteiger charge is -2.16. The Morgan fingerprint density at radius 3 is 2.81 bits per heavy atom. The number of aromatic carboxylic acids is 1. The molecule has 1 aromatic carbocycles. The Bertz CT molecular complexity index is 731. The number of nitrogens with one attached hydrogen (secondary N) is 1. The van der Waals surface area contributed by atoms with Gasteiger partial charge in [-0.3, -0.25) is 4.79 Å². The van der Waals surface area contributed by atoms with Gasteiger partial charge < -0.3 is 15.3 Å². The molecule has 2 aromatic rings. The molecule has 1 aliphatic heterocycles. The van der Waals surface area contributed by atoms with Gasteiger partial charge in [-0.15, -0.1) is 10.2 Å². The number of fused-ring (bicyclic) bond motifs is 1. The third-order valence-corrected chi connectivity index (χ3v) is 3.62. The summed E-state index contributed by atoms with van der Waals surface area (Å²) in [5.41, 5.74) is 0.765. The van der Waals surface area contributed by atoms with E-state index in [9.17, 15) is 14.7 Å². The van der Waals surface area contributed by atoms with E-state index in [0.717, 1.165) is 0 Å². The van der Waals surface area contributed by atoms with Crippen LogP contribution in [0.4, 0.5) is 5.69 Å². The standard InChI is InChI=1S/C14H14N4O3/c1-18-7-6-10(13(18)19)15-11-8-4-2-3-5-9(8)16-17-12(11)14(20)21/h2-5,10H,6-7H2,1H3,(H,15,16)(H,20,21). The summed E-state index contributed by atoms with van der Waals surface area (Å²) in [4.78, 5) is 25.0. The number of nitrogens with zero attached hydrogens (tertiary/aromatic N) is 3. The van der Waals surface area contributed by atoms with Crippen molar-refractivity contribution in [3.05, 3.63) is 30.0 Å². The highest BCUT2D eigenvalue weighted by Crippen LogP contribution is 2.26. The maximum atomic E-state index is 12.0. The van der Waals surface area contributed by atoms with Crippen molar-refractivity contribution in [2.45, 2.75) is 12.5 Å². The lowest BCUT2D eigenvalue weighted by atomic mass is 10.1. The maximum absolute atomic E-state index is 12.0. The summed E-state index contributed by atoms with van der Waals surface area (Å²) in [5.74, 6) is -1.22. The number of aromatic nitrogens is 2. The summed E-state index contributed by atoms with van der Waals surface area (Å²) in [7, 11) is 1.73. The molecular formula is C14H14N4O3. The van der Waals surface area contributed by atoms with E-state index in [1.807, 2.05) is 0 Å². The Morgan fingerprint density at radius 1 is 1.38 bits per heavy atom. The lowest BCUT2D eigenvalue weighted by molar-refractivity contribution is -0.127. The Hall–Kier alpha value is -2.70. The fourth-order valence-corrected chi connectivity index (χ4v) is 2.48. The van der Waals surface area contributed by atoms with Gasteiger partial charge in [-0.2, -0.15) is 0 Å². The van der Waals surface area contributed by atoms with Gasteiger partial charge in [-0.05, 0) is 12.5 Å². The van der Waals surface area contributed by atoms with E-state index < -0.39 is 12.0 Å². The highest BCUT2D eigenvalue weighted by atomic mass is 16.4. The normalized spacial score (nSPS) is 18.2. The van der Waals surface area contributed by atoms with Gasteiger partial charge >= 0.3 is 5.97 Å². The molecule has 1 aliphatic rings. The average Bonchev–Trinajstić information content (AvgIpc) is 2.79. The molecule has 1 fully saturated rings. The molecule has 0 saturated carbocycles. The number of carboxylic acid groups (broad SMARTS) is 1. The number of carbonyl (C=O) groups excluding carboxylic acids is 1. The highest BCUT2D eigenvalue weighted by Gasteiger charge is 2.30. The number of likely N-dealkylation sites (tertiary alicyclic amines) is 1. The summed E-state index contributed by atoms with van der Waals surface area (Å²) in [5, 5.41) is 20.6. The number of carbonyl (C=O) groups is 2. The van der Waals surface area contributed by atoms with Crippen LogP contribution in [0.2, 0.25) is 0 Å². The van der Waals surface area contributed by atoms with Crippen molar-refractivity contribution in [1.82, 2.24) is 15.1 Å². The van der Waals surface area contributed by atoms with Gasteiger partial charge in [0.05, 0.1) is 11.2 Å². The Kier molecular flexibility index (Phi) is 3.17. The van der Waals surface area contributed by atoms with Crippen LogP contribution in [-0.4, -0.2) is 51.7 Å². The molecule has 7 nitrogen and oxygen atoms in total. The van der Waals surface area contributed by atoms with Gasteiger partial charge in [0, 0.05) is 19.0 Å². The zero-order valence-corrected chi connectivity index (χ0v) is 11.4. The molecule has 1 unspecified atom stereocenters. The molecule has 108 valence electrons. The van der Waals surface area contributed by atoms with Gasteiger partial charge in [0.2, 0.25) is 5.91 Å². The lowest BCUT2D eigenvalue weighted by Crippen LogP contribution is -2.31. The average molecular weight is 286 g/mol. The van der Waals surface area contributed by atoms with Crippen LogP contribution in [0, 0.1) is 0 Å². The fourth-order valence-electron chi connectivity index (χ4n) is 2.48. The van der Waals surface area contributed by atoms with E-state index in [4.69, 9.17) is 0 Å². The molecule has 2 N–H and O–H groups in total. The van der Waals surface area contributed by atoms with Crippen molar-refractivity contribution in [2.24, 2.45) is 0 Å². The Labute approximate surface area is 120 Å². The zero-order chi connectivity index (χ0) is 15.0. The number of hydrogen-bond acceptors (Lipinski definition) is 5. The van der Waals surface area contributed by atoms with E-state index in [2.05, 4.69) is 15.5 Å². The van der Waals surface area contributed by atoms with Gasteiger partial charge in [-0.1, -0.05) is 18.2 Å². The first kappa shape index (κ1) is 13.3. The first-order chi connectivity index (χ1) is 10.1. The van der Waals surface area contributed by atoms with Crippen molar-refractivity contribution in [1.29, 1.82) is 0 Å². The van der Waals surface area contributed by atoms with Gasteiger partial charge in [0.1, 0.15) is 6.04 Å². The SMILES string of the molecule is CN1CCC(Nc2c(C(=O)O)nnc3ccccc23)C1=O. The van der Waals surface area contributed by atoms with Crippen LogP contribution >= 0.6 is 0 Å². The van der Waals surface area contributed by atoms with Crippen molar-refractivity contribution in [2.75, 3.05) is 18.9 Å². The quantitative estimate of drug-likeness (QED) is 0.873. The molecule has 0 radical (unpaired) electrons. The van der Waals surface area contributed by atoms with Crippen LogP contribution in [-0.2, 0) is 4.79 Å². The van der Waals surface area contributed by atoms with E-state index in [1.165, 1.54) is 0 Å². The first-order valence-corrected chi connectivity index (χ1v) is 6.58. The van der Waals surface area contributed by atoms with Gasteiger partial charge in [0.15, 0.2) is 5.69 Å². The fraction of sp³-hybridized carbons (Fsp3) is 0.286. The number of anilines is 1. The number of amides is 1. The molecule has 1 amide bonds. The van der Waals surface area contributed by atoms with Gasteiger partial charge in [0.25, 0.3) is 0 Å². The van der Waals surface area contributed by atoms with Crippen LogP contribution in [0.5, 0.6) is 0 Å². The van der Waals surface area contributed by atoms with Crippen molar-refractivity contribution in [3.8, 4) is 0 Å². The zero-order valence-electron chi connectivity index (χ0n) is 11.4. The molecule has 0 bridgehead atoms. The van der Waals surface area contributed by atoms with Crippen LogP contribution in [0.25, 0.3) is 10.9 Å². The molecule has 2 heterocycles. The molecule has 1 saturated heterocycles. The predicted molar refractivity (Wildman–Crippen MR) is 76.2 cm³/mol. The van der Waals surface area contributed by atoms with E-state index in [0.29, 0.717) is 29.6 Å². The molecule has 3 rings (SSSR count). The molecule has 0 aliphatic carbocycles. The summed E-state index contributed by atoms with van der Waals surface area (Å²) < 4.78 is 0. The van der Waals surface area contributed by atoms with Crippen molar-refractivity contribution < 1.29 is 14.7 Å². The number of benzene rings is 1. The molecule has 1 aromatic heterocycles. The third-order valence-electron chi connectivity index (χ3n) is 3.62. The topological polar surface area (TPSA) is 95.4 Å². The van der Waals surface area contributed by atoms with Crippen LogP contribution in [0.1, 0.15) is 16.9 Å². The van der Waals surface area contributed by atoms with E-state index >= 15 is 0 Å². The summed E-state index contributed by atoms with van der Waals surface area (Å²) in [6.07, 6.45) is 0.630. The largest absolute Gasteiger partial charge is 0.476 e. The van der Waals surface area contributed by atoms with Crippen LogP contribution in [0.3, 0.4) is 0 Å². The first-order valence-electron chi connectivity index (χ1n) is 6.58. The highest BCUT2D eigenvalue weighted by molar-refractivity contribution is 6.03. The molecule has 7 heteroatoms. The van der Waals surface area contributed by atoms with Gasteiger partial charge in [-0.25, -0.2) is 4.79 Å².